The van der Waals surface area contributed by atoms with Crippen LogP contribution in [0, 0.1) is 0 Å². The molecule has 3 aromatic heterocycles. The summed E-state index contributed by atoms with van der Waals surface area (Å²) < 4.78 is 5.41. The second kappa shape index (κ2) is 8.02. The molecule has 10 heteroatoms. The van der Waals surface area contributed by atoms with E-state index in [0.29, 0.717) is 11.5 Å². The highest BCUT2D eigenvalue weighted by atomic mass is 32.2. The van der Waals surface area contributed by atoms with E-state index in [1.807, 2.05) is 0 Å². The van der Waals surface area contributed by atoms with Crippen LogP contribution in [0.25, 0.3) is 11.6 Å². The second-order valence-corrected chi connectivity index (χ2v) is 5.52. The lowest BCUT2D eigenvalue weighted by atomic mass is 10.3. The summed E-state index contributed by atoms with van der Waals surface area (Å²) in [4.78, 5) is 31.5. The van der Waals surface area contributed by atoms with Gasteiger partial charge in [0.1, 0.15) is 11.5 Å². The number of imide groups is 1. The van der Waals surface area contributed by atoms with Crippen molar-refractivity contribution in [3.8, 4) is 11.6 Å². The number of aromatic nitrogens is 4. The van der Waals surface area contributed by atoms with Gasteiger partial charge in [-0.3, -0.25) is 20.4 Å². The predicted octanol–water partition coefficient (Wildman–Crippen LogP) is 1.97. The van der Waals surface area contributed by atoms with Crippen LogP contribution < -0.4 is 10.6 Å². The average Bonchev–Trinajstić information content (AvgIpc) is 3.10. The molecular formula is C15H12N6O3S. The molecule has 9 nitrogen and oxygen atoms in total. The number of carbonyl (C=O) groups excluding carboxylic acids is 2. The molecular weight excluding hydrogens is 344 g/mol. The Kier molecular flexibility index (Phi) is 5.32. The van der Waals surface area contributed by atoms with Crippen molar-refractivity contribution in [1.29, 1.82) is 0 Å². The minimum Gasteiger partial charge on any atom is -0.410 e. The molecule has 0 bridgehead atoms. The van der Waals surface area contributed by atoms with Crippen LogP contribution in [0.3, 0.4) is 0 Å². The number of pyridine rings is 2. The Morgan fingerprint density at radius 1 is 1.04 bits per heavy atom. The number of hydrogen-bond acceptors (Lipinski definition) is 8. The molecule has 0 aromatic carbocycles. The van der Waals surface area contributed by atoms with Gasteiger partial charge in [-0.15, -0.1) is 10.2 Å². The van der Waals surface area contributed by atoms with Crippen LogP contribution in [-0.2, 0) is 4.79 Å². The van der Waals surface area contributed by atoms with E-state index in [4.69, 9.17) is 4.42 Å². The highest BCUT2D eigenvalue weighted by Crippen LogP contribution is 2.21. The Morgan fingerprint density at radius 2 is 1.84 bits per heavy atom. The van der Waals surface area contributed by atoms with E-state index in [1.54, 1.807) is 42.6 Å². The molecule has 0 saturated heterocycles. The van der Waals surface area contributed by atoms with Gasteiger partial charge in [-0.2, -0.15) is 0 Å². The second-order valence-electron chi connectivity index (χ2n) is 4.59. The number of urea groups is 1. The Bertz CT molecular complexity index is 856. The Hall–Kier alpha value is -3.27. The fourth-order valence-electron chi connectivity index (χ4n) is 1.74. The first-order chi connectivity index (χ1) is 12.2. The lowest BCUT2D eigenvalue weighted by Crippen LogP contribution is -2.35. The topological polar surface area (TPSA) is 123 Å². The van der Waals surface area contributed by atoms with E-state index in [1.165, 1.54) is 6.20 Å². The SMILES string of the molecule is O=C(CSc1nnc(-c2ccccn2)o1)NC(=O)Nc1ccccn1. The van der Waals surface area contributed by atoms with Crippen molar-refractivity contribution in [1.82, 2.24) is 25.5 Å². The molecule has 0 unspecified atom stereocenters. The van der Waals surface area contributed by atoms with Crippen molar-refractivity contribution in [2.75, 3.05) is 11.1 Å². The van der Waals surface area contributed by atoms with Gasteiger partial charge in [0.2, 0.25) is 5.91 Å². The van der Waals surface area contributed by atoms with Crippen LogP contribution in [0.4, 0.5) is 10.6 Å². The summed E-state index contributed by atoms with van der Waals surface area (Å²) >= 11 is 1.02. The molecule has 3 rings (SSSR count). The van der Waals surface area contributed by atoms with E-state index in [-0.39, 0.29) is 16.9 Å². The van der Waals surface area contributed by atoms with Crippen molar-refractivity contribution in [3.63, 3.8) is 0 Å². The third-order valence-corrected chi connectivity index (χ3v) is 3.60. The molecule has 126 valence electrons. The fourth-order valence-corrected chi connectivity index (χ4v) is 2.30. The van der Waals surface area contributed by atoms with Crippen molar-refractivity contribution in [2.45, 2.75) is 5.22 Å². The quantitative estimate of drug-likeness (QED) is 0.665. The minimum atomic E-state index is -0.663. The normalized spacial score (nSPS) is 10.2. The molecule has 0 radical (unpaired) electrons. The van der Waals surface area contributed by atoms with Gasteiger partial charge in [-0.05, 0) is 24.3 Å². The lowest BCUT2D eigenvalue weighted by Gasteiger charge is -2.04. The van der Waals surface area contributed by atoms with E-state index < -0.39 is 11.9 Å². The monoisotopic (exact) mass is 356 g/mol. The van der Waals surface area contributed by atoms with Gasteiger partial charge >= 0.3 is 6.03 Å². The third-order valence-electron chi connectivity index (χ3n) is 2.78. The van der Waals surface area contributed by atoms with Crippen molar-refractivity contribution in [3.05, 3.63) is 48.8 Å². The van der Waals surface area contributed by atoms with Gasteiger partial charge in [-0.1, -0.05) is 23.9 Å². The molecule has 0 saturated carbocycles. The molecule has 2 N–H and O–H groups in total. The van der Waals surface area contributed by atoms with E-state index in [2.05, 4.69) is 30.8 Å². The van der Waals surface area contributed by atoms with Crippen LogP contribution in [0.1, 0.15) is 0 Å². The van der Waals surface area contributed by atoms with Crippen molar-refractivity contribution in [2.24, 2.45) is 0 Å². The fraction of sp³-hybridized carbons (Fsp3) is 0.0667. The standard InChI is InChI=1S/C15H12N6O3S/c22-12(19-14(23)18-11-6-2-4-8-17-11)9-25-15-21-20-13(24-15)10-5-1-3-7-16-10/h1-8H,9H2,(H2,17,18,19,22,23). The first kappa shape index (κ1) is 16.6. The van der Waals surface area contributed by atoms with Crippen LogP contribution in [0.5, 0.6) is 0 Å². The van der Waals surface area contributed by atoms with Gasteiger partial charge in [0.05, 0.1) is 5.75 Å². The van der Waals surface area contributed by atoms with Gasteiger partial charge in [-0.25, -0.2) is 9.78 Å². The summed E-state index contributed by atoms with van der Waals surface area (Å²) in [6.07, 6.45) is 3.14. The smallest absolute Gasteiger partial charge is 0.327 e. The Morgan fingerprint density at radius 3 is 2.56 bits per heavy atom. The van der Waals surface area contributed by atoms with Crippen LogP contribution >= 0.6 is 11.8 Å². The zero-order valence-corrected chi connectivity index (χ0v) is 13.6. The summed E-state index contributed by atoms with van der Waals surface area (Å²) in [6.45, 7) is 0. The number of amides is 3. The average molecular weight is 356 g/mol. The van der Waals surface area contributed by atoms with Crippen LogP contribution in [0.2, 0.25) is 0 Å². The molecule has 0 aliphatic heterocycles. The number of carbonyl (C=O) groups is 2. The zero-order valence-electron chi connectivity index (χ0n) is 12.7. The molecule has 3 aromatic rings. The van der Waals surface area contributed by atoms with Crippen LogP contribution in [-0.4, -0.2) is 37.9 Å². The first-order valence-corrected chi connectivity index (χ1v) is 8.09. The number of thioether (sulfide) groups is 1. The maximum absolute atomic E-state index is 11.8. The van der Waals surface area contributed by atoms with Crippen LogP contribution in [0.15, 0.2) is 58.4 Å². The highest BCUT2D eigenvalue weighted by Gasteiger charge is 2.13. The molecule has 0 atom stereocenters. The summed E-state index contributed by atoms with van der Waals surface area (Å²) in [5, 5.41) is 12.5. The van der Waals surface area contributed by atoms with E-state index in [0.717, 1.165) is 11.8 Å². The molecule has 0 fully saturated rings. The number of rotatable bonds is 5. The number of nitrogens with zero attached hydrogens (tertiary/aromatic N) is 4. The van der Waals surface area contributed by atoms with Gasteiger partial charge in [0, 0.05) is 12.4 Å². The maximum atomic E-state index is 11.8. The maximum Gasteiger partial charge on any atom is 0.327 e. The molecule has 0 spiro atoms. The van der Waals surface area contributed by atoms with Gasteiger partial charge in [0.25, 0.3) is 11.1 Å². The predicted molar refractivity (Wildman–Crippen MR) is 89.7 cm³/mol. The largest absolute Gasteiger partial charge is 0.410 e. The molecule has 0 aliphatic rings. The molecule has 0 aliphatic carbocycles. The summed E-state index contributed by atoms with van der Waals surface area (Å²) in [5.41, 5.74) is 0.543. The third kappa shape index (κ3) is 4.85. The molecule has 3 amide bonds. The minimum absolute atomic E-state index is 0.0561. The zero-order chi connectivity index (χ0) is 17.5. The van der Waals surface area contributed by atoms with Crippen molar-refractivity contribution < 1.29 is 14.0 Å². The van der Waals surface area contributed by atoms with E-state index >= 15 is 0 Å². The number of anilines is 1. The summed E-state index contributed by atoms with van der Waals surface area (Å²) in [6, 6.07) is 9.68. The molecule has 3 heterocycles. The number of hydrogen-bond donors (Lipinski definition) is 2. The number of nitrogens with one attached hydrogen (secondary N) is 2. The Balaban J connectivity index is 1.48. The molecule has 25 heavy (non-hydrogen) atoms. The summed E-state index contributed by atoms with van der Waals surface area (Å²) in [7, 11) is 0. The lowest BCUT2D eigenvalue weighted by molar-refractivity contribution is -0.117. The first-order valence-electron chi connectivity index (χ1n) is 7.10. The summed E-state index contributed by atoms with van der Waals surface area (Å²) in [5.74, 6) is 0.0456. The highest BCUT2D eigenvalue weighted by molar-refractivity contribution is 7.99. The van der Waals surface area contributed by atoms with Crippen molar-refractivity contribution >= 4 is 29.5 Å². The van der Waals surface area contributed by atoms with Gasteiger partial charge in [0.15, 0.2) is 0 Å². The van der Waals surface area contributed by atoms with E-state index in [9.17, 15) is 9.59 Å². The van der Waals surface area contributed by atoms with Gasteiger partial charge < -0.3 is 4.42 Å². The Labute approximate surface area is 146 Å².